The highest BCUT2D eigenvalue weighted by atomic mass is 32.2. The Kier molecular flexibility index (Phi) is 5.44. The number of nitrogens with one attached hydrogen (secondary N) is 1. The van der Waals surface area contributed by atoms with E-state index < -0.39 is 31.8 Å². The molecular weight excluding hydrogens is 435 g/mol. The van der Waals surface area contributed by atoms with Crippen molar-refractivity contribution < 1.29 is 22.3 Å². The average Bonchev–Trinajstić information content (AvgIpc) is 3.26. The van der Waals surface area contributed by atoms with Gasteiger partial charge in [-0.05, 0) is 50.1 Å². The number of carbonyl (C=O) groups is 1. The van der Waals surface area contributed by atoms with Crippen LogP contribution < -0.4 is 15.8 Å². The van der Waals surface area contributed by atoms with Gasteiger partial charge in [-0.2, -0.15) is 0 Å². The van der Waals surface area contributed by atoms with Crippen LogP contribution in [0.2, 0.25) is 0 Å². The Morgan fingerprint density at radius 2 is 1.94 bits per heavy atom. The molecule has 1 aromatic heterocycles. The Balaban J connectivity index is 1.66. The summed E-state index contributed by atoms with van der Waals surface area (Å²) in [6.45, 7) is 1.55. The number of hydrogen-bond acceptors (Lipinski definition) is 7. The van der Waals surface area contributed by atoms with Crippen molar-refractivity contribution in [2.24, 2.45) is 10.7 Å². The van der Waals surface area contributed by atoms with Crippen molar-refractivity contribution >= 4 is 27.3 Å². The molecule has 10 heteroatoms. The number of ether oxygens (including phenoxy) is 1. The molecule has 1 spiro atoms. The first kappa shape index (κ1) is 22.2. The molecule has 2 aromatic rings. The molecule has 1 atom stereocenters. The van der Waals surface area contributed by atoms with Gasteiger partial charge < -0.3 is 15.8 Å². The number of sulfone groups is 1. The van der Waals surface area contributed by atoms with Gasteiger partial charge >= 0.3 is 0 Å². The lowest BCUT2D eigenvalue weighted by molar-refractivity contribution is 0.102. The third-order valence-corrected chi connectivity index (χ3v) is 9.07. The van der Waals surface area contributed by atoms with Gasteiger partial charge in [0.1, 0.15) is 33.4 Å². The number of carbonyl (C=O) groups excluding carboxylic acids is 1. The Morgan fingerprint density at radius 3 is 2.53 bits per heavy atom. The molecular formula is C22H25FN4O4S. The maximum absolute atomic E-state index is 14.8. The second-order valence-corrected chi connectivity index (χ2v) is 10.8. The molecule has 1 unspecified atom stereocenters. The second kappa shape index (κ2) is 7.84. The van der Waals surface area contributed by atoms with Crippen LogP contribution in [0.4, 0.5) is 10.1 Å². The first-order valence-electron chi connectivity index (χ1n) is 10.3. The zero-order chi connectivity index (χ0) is 23.1. The third-order valence-electron chi connectivity index (χ3n) is 6.32. The first-order valence-corrected chi connectivity index (χ1v) is 11.9. The predicted octanol–water partition coefficient (Wildman–Crippen LogP) is 2.80. The molecule has 8 nitrogen and oxygen atoms in total. The summed E-state index contributed by atoms with van der Waals surface area (Å²) >= 11 is 0. The maximum Gasteiger partial charge on any atom is 0.274 e. The molecule has 1 fully saturated rings. The van der Waals surface area contributed by atoms with Crippen molar-refractivity contribution in [3.8, 4) is 5.75 Å². The van der Waals surface area contributed by atoms with Gasteiger partial charge in [-0.1, -0.05) is 12.8 Å². The summed E-state index contributed by atoms with van der Waals surface area (Å²) < 4.78 is 45.2. The summed E-state index contributed by atoms with van der Waals surface area (Å²) in [6.07, 6.45) is 3.82. The summed E-state index contributed by atoms with van der Waals surface area (Å²) in [7, 11) is -2.17. The minimum atomic E-state index is -3.66. The molecule has 3 N–H and O–H groups in total. The molecule has 1 aliphatic heterocycles. The van der Waals surface area contributed by atoms with Crippen molar-refractivity contribution in [3.05, 3.63) is 53.6 Å². The molecule has 0 bridgehead atoms. The number of aliphatic imine (C=N–C) groups is 1. The lowest BCUT2D eigenvalue weighted by atomic mass is 9.92. The van der Waals surface area contributed by atoms with Crippen LogP contribution in [0.1, 0.15) is 48.7 Å². The highest BCUT2D eigenvalue weighted by molar-refractivity contribution is 7.93. The van der Waals surface area contributed by atoms with E-state index in [1.807, 2.05) is 0 Å². The number of rotatable bonds is 4. The summed E-state index contributed by atoms with van der Waals surface area (Å²) in [4.78, 5) is 21.1. The van der Waals surface area contributed by atoms with E-state index in [4.69, 9.17) is 10.5 Å². The van der Waals surface area contributed by atoms with Crippen LogP contribution in [0.15, 0.2) is 41.5 Å². The lowest BCUT2D eigenvalue weighted by Crippen LogP contribution is -2.56. The SMILES string of the molecule is COc1ccc(C(=O)Nc2ccc(F)c(C3(C)CS(=O)(=O)C4(CCCC4)C(N)=N3)c2)nc1. The fraction of sp³-hybridized carbons (Fsp3) is 0.409. The molecule has 1 aliphatic carbocycles. The van der Waals surface area contributed by atoms with Crippen LogP contribution in [0.5, 0.6) is 5.75 Å². The number of amides is 1. The second-order valence-electron chi connectivity index (χ2n) is 8.46. The zero-order valence-electron chi connectivity index (χ0n) is 17.9. The van der Waals surface area contributed by atoms with Crippen molar-refractivity contribution in [1.82, 2.24) is 4.98 Å². The quantitative estimate of drug-likeness (QED) is 0.723. The van der Waals surface area contributed by atoms with Crippen LogP contribution in [0, 0.1) is 5.82 Å². The van der Waals surface area contributed by atoms with Gasteiger partial charge in [-0.3, -0.25) is 9.79 Å². The number of halogens is 1. The average molecular weight is 461 g/mol. The van der Waals surface area contributed by atoms with E-state index in [9.17, 15) is 17.6 Å². The van der Waals surface area contributed by atoms with Gasteiger partial charge in [-0.25, -0.2) is 17.8 Å². The smallest absolute Gasteiger partial charge is 0.274 e. The topological polar surface area (TPSA) is 124 Å². The summed E-state index contributed by atoms with van der Waals surface area (Å²) in [6, 6.07) is 7.07. The van der Waals surface area contributed by atoms with Gasteiger partial charge in [0.05, 0.1) is 19.1 Å². The van der Waals surface area contributed by atoms with E-state index in [2.05, 4.69) is 15.3 Å². The van der Waals surface area contributed by atoms with Gasteiger partial charge in [-0.15, -0.1) is 0 Å². The van der Waals surface area contributed by atoms with Crippen molar-refractivity contribution in [1.29, 1.82) is 0 Å². The van der Waals surface area contributed by atoms with Crippen molar-refractivity contribution in [2.75, 3.05) is 18.2 Å². The largest absolute Gasteiger partial charge is 0.495 e. The third kappa shape index (κ3) is 3.62. The summed E-state index contributed by atoms with van der Waals surface area (Å²) in [5.74, 6) is -0.927. The standard InChI is InChI=1S/C22H25FN4O4S/c1-21(13-32(29,30)22(20(24)27-21)9-3-4-10-22)16-11-14(5-7-17(16)23)26-19(28)18-8-6-15(31-2)12-25-18/h5-8,11-12H,3-4,9-10,13H2,1-2H3,(H2,24,27)(H,26,28). The Labute approximate surface area is 186 Å². The van der Waals surface area contributed by atoms with Gasteiger partial charge in [0.25, 0.3) is 5.91 Å². The normalized spacial score (nSPS) is 23.5. The Hall–Kier alpha value is -3.01. The van der Waals surface area contributed by atoms with Gasteiger partial charge in [0.2, 0.25) is 0 Å². The molecule has 2 aliphatic rings. The van der Waals surface area contributed by atoms with E-state index in [0.29, 0.717) is 18.6 Å². The molecule has 1 saturated carbocycles. The fourth-order valence-corrected chi connectivity index (χ4v) is 7.08. The zero-order valence-corrected chi connectivity index (χ0v) is 18.7. The molecule has 2 heterocycles. The minimum Gasteiger partial charge on any atom is -0.495 e. The molecule has 170 valence electrons. The van der Waals surface area contributed by atoms with Crippen LogP contribution in [0.25, 0.3) is 0 Å². The number of benzene rings is 1. The lowest BCUT2D eigenvalue weighted by Gasteiger charge is -2.39. The van der Waals surface area contributed by atoms with Gasteiger partial charge in [0, 0.05) is 11.3 Å². The molecule has 0 saturated heterocycles. The number of nitrogens with two attached hydrogens (primary N) is 1. The minimum absolute atomic E-state index is 0.0417. The van der Waals surface area contributed by atoms with Crippen molar-refractivity contribution in [2.45, 2.75) is 42.9 Å². The Morgan fingerprint density at radius 1 is 1.22 bits per heavy atom. The van der Waals surface area contributed by atoms with Gasteiger partial charge in [0.15, 0.2) is 9.84 Å². The highest BCUT2D eigenvalue weighted by Crippen LogP contribution is 2.45. The monoisotopic (exact) mass is 460 g/mol. The fourth-order valence-electron chi connectivity index (χ4n) is 4.56. The molecule has 0 radical (unpaired) electrons. The number of anilines is 1. The molecule has 1 aromatic carbocycles. The number of methoxy groups -OCH3 is 1. The number of pyridine rings is 1. The van der Waals surface area contributed by atoms with E-state index in [0.717, 1.165) is 12.8 Å². The van der Waals surface area contributed by atoms with E-state index in [1.54, 1.807) is 13.0 Å². The molecule has 4 rings (SSSR count). The van der Waals surface area contributed by atoms with Crippen LogP contribution in [0.3, 0.4) is 0 Å². The predicted molar refractivity (Wildman–Crippen MR) is 119 cm³/mol. The van der Waals surface area contributed by atoms with Crippen molar-refractivity contribution in [3.63, 3.8) is 0 Å². The highest BCUT2D eigenvalue weighted by Gasteiger charge is 2.56. The van der Waals surface area contributed by atoms with Crippen LogP contribution in [-0.4, -0.2) is 42.8 Å². The Bertz CT molecular complexity index is 1190. The number of aromatic nitrogens is 1. The van der Waals surface area contributed by atoms with E-state index >= 15 is 0 Å². The maximum atomic E-state index is 14.8. The van der Waals surface area contributed by atoms with E-state index in [1.165, 1.54) is 37.6 Å². The summed E-state index contributed by atoms with van der Waals surface area (Å²) in [5, 5.41) is 2.66. The summed E-state index contributed by atoms with van der Waals surface area (Å²) in [5.41, 5.74) is 5.28. The number of amidine groups is 1. The molecule has 32 heavy (non-hydrogen) atoms. The van der Waals surface area contributed by atoms with E-state index in [-0.39, 0.29) is 28.5 Å². The van der Waals surface area contributed by atoms with Crippen LogP contribution in [-0.2, 0) is 15.4 Å². The molecule has 1 amide bonds. The number of nitrogens with zero attached hydrogens (tertiary/aromatic N) is 2. The number of hydrogen-bond donors (Lipinski definition) is 2. The van der Waals surface area contributed by atoms with Crippen LogP contribution >= 0.6 is 0 Å². The first-order chi connectivity index (χ1) is 15.1.